The number of methoxy groups -OCH3 is 1. The summed E-state index contributed by atoms with van der Waals surface area (Å²) in [5, 5.41) is 4.64. The van der Waals surface area contributed by atoms with Crippen molar-refractivity contribution in [1.29, 1.82) is 0 Å². The molecule has 3 rings (SSSR count). The van der Waals surface area contributed by atoms with Crippen molar-refractivity contribution in [2.75, 3.05) is 12.4 Å². The van der Waals surface area contributed by atoms with Gasteiger partial charge in [-0.15, -0.1) is 0 Å². The molecule has 0 atom stereocenters. The molecule has 26 heavy (non-hydrogen) atoms. The molecule has 0 aromatic heterocycles. The zero-order chi connectivity index (χ0) is 18.4. The van der Waals surface area contributed by atoms with Crippen molar-refractivity contribution in [3.63, 3.8) is 0 Å². The lowest BCUT2D eigenvalue weighted by atomic mass is 10.2. The number of rotatable bonds is 7. The maximum absolute atomic E-state index is 6.43. The quantitative estimate of drug-likeness (QED) is 0.523. The average Bonchev–Trinajstić information content (AvgIpc) is 2.67. The standard InChI is InChI=1S/C21H19Cl2NO2/c1-25-20-11-16(13-24-18-9-7-17(22)8-10-18)19(23)12-21(20)26-14-15-5-3-2-4-6-15/h2-12,24H,13-14H2,1H3. The van der Waals surface area contributed by atoms with E-state index in [1.54, 1.807) is 13.2 Å². The molecule has 0 saturated carbocycles. The van der Waals surface area contributed by atoms with Gasteiger partial charge in [0.25, 0.3) is 0 Å². The molecule has 0 unspecified atom stereocenters. The summed E-state index contributed by atoms with van der Waals surface area (Å²) in [4.78, 5) is 0. The second-order valence-electron chi connectivity index (χ2n) is 5.73. The van der Waals surface area contributed by atoms with E-state index in [4.69, 9.17) is 32.7 Å². The van der Waals surface area contributed by atoms with Crippen LogP contribution >= 0.6 is 23.2 Å². The first kappa shape index (κ1) is 18.4. The lowest BCUT2D eigenvalue weighted by Gasteiger charge is -2.15. The molecule has 0 saturated heterocycles. The number of anilines is 1. The van der Waals surface area contributed by atoms with Gasteiger partial charge in [-0.25, -0.2) is 0 Å². The first-order valence-electron chi connectivity index (χ1n) is 8.18. The van der Waals surface area contributed by atoms with Gasteiger partial charge in [-0.05, 0) is 41.5 Å². The van der Waals surface area contributed by atoms with Crippen molar-refractivity contribution in [3.05, 3.63) is 87.9 Å². The molecule has 0 spiro atoms. The fourth-order valence-corrected chi connectivity index (χ4v) is 2.83. The molecule has 1 N–H and O–H groups in total. The topological polar surface area (TPSA) is 30.5 Å². The van der Waals surface area contributed by atoms with Gasteiger partial charge in [-0.3, -0.25) is 0 Å². The largest absolute Gasteiger partial charge is 0.493 e. The Bertz CT molecular complexity index is 852. The maximum Gasteiger partial charge on any atom is 0.163 e. The van der Waals surface area contributed by atoms with E-state index < -0.39 is 0 Å². The van der Waals surface area contributed by atoms with E-state index in [1.807, 2.05) is 60.7 Å². The third-order valence-corrected chi connectivity index (χ3v) is 4.50. The lowest BCUT2D eigenvalue weighted by molar-refractivity contribution is 0.284. The second-order valence-corrected chi connectivity index (χ2v) is 6.57. The van der Waals surface area contributed by atoms with Crippen molar-refractivity contribution < 1.29 is 9.47 Å². The summed E-state index contributed by atoms with van der Waals surface area (Å²) >= 11 is 12.3. The summed E-state index contributed by atoms with van der Waals surface area (Å²) in [7, 11) is 1.62. The molecular weight excluding hydrogens is 369 g/mol. The SMILES string of the molecule is COc1cc(CNc2ccc(Cl)cc2)c(Cl)cc1OCc1ccccc1. The highest BCUT2D eigenvalue weighted by Gasteiger charge is 2.11. The Kier molecular flexibility index (Phi) is 6.26. The Morgan fingerprint density at radius 1 is 0.885 bits per heavy atom. The van der Waals surface area contributed by atoms with Gasteiger partial charge in [0.15, 0.2) is 11.5 Å². The summed E-state index contributed by atoms with van der Waals surface area (Å²) in [6.45, 7) is 1.02. The van der Waals surface area contributed by atoms with E-state index in [0.29, 0.717) is 34.7 Å². The molecule has 3 nitrogen and oxygen atoms in total. The van der Waals surface area contributed by atoms with Crippen LogP contribution in [0.5, 0.6) is 11.5 Å². The normalized spacial score (nSPS) is 10.4. The Labute approximate surface area is 163 Å². The molecule has 3 aromatic carbocycles. The fraction of sp³-hybridized carbons (Fsp3) is 0.143. The van der Waals surface area contributed by atoms with Gasteiger partial charge in [-0.1, -0.05) is 53.5 Å². The smallest absolute Gasteiger partial charge is 0.163 e. The van der Waals surface area contributed by atoms with Crippen molar-refractivity contribution in [3.8, 4) is 11.5 Å². The maximum atomic E-state index is 6.43. The molecule has 0 bridgehead atoms. The highest BCUT2D eigenvalue weighted by Crippen LogP contribution is 2.34. The molecule has 0 heterocycles. The van der Waals surface area contributed by atoms with Gasteiger partial charge in [0.1, 0.15) is 6.61 Å². The van der Waals surface area contributed by atoms with Crippen LogP contribution in [0, 0.1) is 0 Å². The molecule has 3 aromatic rings. The van der Waals surface area contributed by atoms with E-state index >= 15 is 0 Å². The van der Waals surface area contributed by atoms with Crippen molar-refractivity contribution in [2.45, 2.75) is 13.2 Å². The van der Waals surface area contributed by atoms with Crippen molar-refractivity contribution in [1.82, 2.24) is 0 Å². The molecule has 0 fully saturated rings. The van der Waals surface area contributed by atoms with Gasteiger partial charge in [0.05, 0.1) is 7.11 Å². The molecular formula is C21H19Cl2NO2. The zero-order valence-electron chi connectivity index (χ0n) is 14.3. The van der Waals surface area contributed by atoms with E-state index in [9.17, 15) is 0 Å². The summed E-state index contributed by atoms with van der Waals surface area (Å²) in [5.74, 6) is 1.27. The molecule has 0 aliphatic rings. The van der Waals surface area contributed by atoms with Crippen molar-refractivity contribution >= 4 is 28.9 Å². The third-order valence-electron chi connectivity index (χ3n) is 3.90. The number of benzene rings is 3. The van der Waals surface area contributed by atoms with Gasteiger partial charge < -0.3 is 14.8 Å². The molecule has 0 radical (unpaired) electrons. The number of ether oxygens (including phenoxy) is 2. The molecule has 0 aliphatic carbocycles. The van der Waals surface area contributed by atoms with E-state index in [2.05, 4.69) is 5.32 Å². The minimum absolute atomic E-state index is 0.454. The Morgan fingerprint density at radius 3 is 2.31 bits per heavy atom. The van der Waals surface area contributed by atoms with E-state index in [1.165, 1.54) is 0 Å². The second kappa shape index (κ2) is 8.84. The lowest BCUT2D eigenvalue weighted by Crippen LogP contribution is -2.02. The van der Waals surface area contributed by atoms with Gasteiger partial charge >= 0.3 is 0 Å². The van der Waals surface area contributed by atoms with Crippen LogP contribution in [-0.2, 0) is 13.2 Å². The summed E-state index contributed by atoms with van der Waals surface area (Å²) in [6, 6.07) is 21.2. The van der Waals surface area contributed by atoms with E-state index in [0.717, 1.165) is 16.8 Å². The molecule has 5 heteroatoms. The van der Waals surface area contributed by atoms with Crippen LogP contribution in [0.25, 0.3) is 0 Å². The van der Waals surface area contributed by atoms with Crippen LogP contribution in [0.1, 0.15) is 11.1 Å². The van der Waals surface area contributed by atoms with Gasteiger partial charge in [0.2, 0.25) is 0 Å². The number of hydrogen-bond donors (Lipinski definition) is 1. The minimum Gasteiger partial charge on any atom is -0.493 e. The Hall–Kier alpha value is -2.36. The van der Waals surface area contributed by atoms with E-state index in [-0.39, 0.29) is 0 Å². The fourth-order valence-electron chi connectivity index (χ4n) is 2.49. The molecule has 0 aliphatic heterocycles. The average molecular weight is 388 g/mol. The summed E-state index contributed by atoms with van der Waals surface area (Å²) in [5.41, 5.74) is 2.97. The van der Waals surface area contributed by atoms with Gasteiger partial charge in [0, 0.05) is 28.3 Å². The molecule has 134 valence electrons. The zero-order valence-corrected chi connectivity index (χ0v) is 15.8. The number of hydrogen-bond acceptors (Lipinski definition) is 3. The molecule has 0 amide bonds. The highest BCUT2D eigenvalue weighted by atomic mass is 35.5. The minimum atomic E-state index is 0.454. The Morgan fingerprint density at radius 2 is 1.62 bits per heavy atom. The van der Waals surface area contributed by atoms with Crippen LogP contribution in [-0.4, -0.2) is 7.11 Å². The predicted molar refractivity (Wildman–Crippen MR) is 108 cm³/mol. The predicted octanol–water partition coefficient (Wildman–Crippen LogP) is 6.19. The number of nitrogens with one attached hydrogen (secondary N) is 1. The third kappa shape index (κ3) is 4.84. The number of halogens is 2. The van der Waals surface area contributed by atoms with Crippen LogP contribution in [0.15, 0.2) is 66.7 Å². The highest BCUT2D eigenvalue weighted by molar-refractivity contribution is 6.31. The Balaban J connectivity index is 1.70. The van der Waals surface area contributed by atoms with Crippen LogP contribution in [0.2, 0.25) is 10.0 Å². The monoisotopic (exact) mass is 387 g/mol. The van der Waals surface area contributed by atoms with Crippen LogP contribution < -0.4 is 14.8 Å². The first-order valence-corrected chi connectivity index (χ1v) is 8.94. The van der Waals surface area contributed by atoms with Gasteiger partial charge in [-0.2, -0.15) is 0 Å². The summed E-state index contributed by atoms with van der Waals surface area (Å²) in [6.07, 6.45) is 0. The van der Waals surface area contributed by atoms with Crippen LogP contribution in [0.4, 0.5) is 5.69 Å². The van der Waals surface area contributed by atoms with Crippen molar-refractivity contribution in [2.24, 2.45) is 0 Å². The van der Waals surface area contributed by atoms with Crippen LogP contribution in [0.3, 0.4) is 0 Å². The first-order chi connectivity index (χ1) is 12.7. The summed E-state index contributed by atoms with van der Waals surface area (Å²) < 4.78 is 11.3.